The Bertz CT molecular complexity index is 1080. The summed E-state index contributed by atoms with van der Waals surface area (Å²) >= 11 is 3.17. The normalized spacial score (nSPS) is 11.2. The number of nitrogens with zero attached hydrogens (tertiary/aromatic N) is 2. The molecule has 0 unspecified atom stereocenters. The molecule has 0 aliphatic rings. The summed E-state index contributed by atoms with van der Waals surface area (Å²) in [6, 6.07) is 13.6. The van der Waals surface area contributed by atoms with Crippen molar-refractivity contribution in [3.63, 3.8) is 0 Å². The fraction of sp³-hybridized carbons (Fsp3) is 0. The topological polar surface area (TPSA) is 86.3 Å². The SMILES string of the molecule is O=[N+]([O-])c1ccc2sc(SSc3cc4cc([N+](=O)[O-])ccc4s3)cc2c1. The van der Waals surface area contributed by atoms with E-state index in [-0.39, 0.29) is 11.4 Å². The molecule has 6 nitrogen and oxygen atoms in total. The molecule has 0 saturated carbocycles. The second-order valence-electron chi connectivity index (χ2n) is 5.26. The van der Waals surface area contributed by atoms with E-state index < -0.39 is 9.85 Å². The van der Waals surface area contributed by atoms with Gasteiger partial charge in [0.15, 0.2) is 0 Å². The van der Waals surface area contributed by atoms with Crippen LogP contribution in [0, 0.1) is 20.2 Å². The number of benzene rings is 2. The molecule has 26 heavy (non-hydrogen) atoms. The van der Waals surface area contributed by atoms with E-state index in [1.54, 1.807) is 68.5 Å². The van der Waals surface area contributed by atoms with E-state index in [4.69, 9.17) is 0 Å². The summed E-state index contributed by atoms with van der Waals surface area (Å²) in [6.45, 7) is 0. The number of nitro groups is 2. The molecule has 0 saturated heterocycles. The van der Waals surface area contributed by atoms with Crippen LogP contribution in [-0.2, 0) is 0 Å². The first-order valence-corrected chi connectivity index (χ1v) is 11.0. The summed E-state index contributed by atoms with van der Waals surface area (Å²) < 4.78 is 4.11. The molecule has 130 valence electrons. The lowest BCUT2D eigenvalue weighted by atomic mass is 10.2. The predicted octanol–water partition coefficient (Wildman–Crippen LogP) is 6.73. The van der Waals surface area contributed by atoms with Crippen LogP contribution >= 0.6 is 44.3 Å². The van der Waals surface area contributed by atoms with E-state index in [1.807, 2.05) is 12.1 Å². The van der Waals surface area contributed by atoms with Gasteiger partial charge in [-0.1, -0.05) is 0 Å². The Balaban J connectivity index is 1.54. The third kappa shape index (κ3) is 3.40. The van der Waals surface area contributed by atoms with Crippen molar-refractivity contribution < 1.29 is 9.85 Å². The average Bonchev–Trinajstić information content (AvgIpc) is 3.21. The molecule has 0 fully saturated rings. The number of thiophene rings is 2. The third-order valence-electron chi connectivity index (χ3n) is 3.58. The summed E-state index contributed by atoms with van der Waals surface area (Å²) in [5, 5.41) is 23.5. The smallest absolute Gasteiger partial charge is 0.258 e. The van der Waals surface area contributed by atoms with Crippen LogP contribution in [0.2, 0.25) is 0 Å². The highest BCUT2D eigenvalue weighted by Crippen LogP contribution is 2.46. The molecule has 0 spiro atoms. The van der Waals surface area contributed by atoms with Gasteiger partial charge in [0.05, 0.1) is 18.3 Å². The van der Waals surface area contributed by atoms with Gasteiger partial charge in [0, 0.05) is 44.4 Å². The van der Waals surface area contributed by atoms with Gasteiger partial charge in [-0.15, -0.1) is 22.7 Å². The Morgan fingerprint density at radius 1 is 0.692 bits per heavy atom. The first kappa shape index (κ1) is 17.3. The molecule has 0 atom stereocenters. The van der Waals surface area contributed by atoms with Crippen molar-refractivity contribution in [2.75, 3.05) is 0 Å². The third-order valence-corrected chi connectivity index (χ3v) is 9.01. The fourth-order valence-electron chi connectivity index (χ4n) is 2.40. The lowest BCUT2D eigenvalue weighted by Crippen LogP contribution is -1.85. The molecule has 0 N–H and O–H groups in total. The van der Waals surface area contributed by atoms with Gasteiger partial charge in [-0.2, -0.15) is 0 Å². The molecule has 0 radical (unpaired) electrons. The standard InChI is InChI=1S/C16H8N2O4S4/c19-17(20)11-1-3-13-9(5-11)7-15(23-13)25-26-16-8-10-6-12(18(21)22)2-4-14(10)24-16/h1-8H. The van der Waals surface area contributed by atoms with Gasteiger partial charge < -0.3 is 0 Å². The highest BCUT2D eigenvalue weighted by atomic mass is 33.1. The quantitative estimate of drug-likeness (QED) is 0.202. The Morgan fingerprint density at radius 2 is 1.12 bits per heavy atom. The highest BCUT2D eigenvalue weighted by molar-refractivity contribution is 8.77. The van der Waals surface area contributed by atoms with Crippen molar-refractivity contribution in [1.29, 1.82) is 0 Å². The van der Waals surface area contributed by atoms with E-state index in [1.165, 1.54) is 12.1 Å². The zero-order valence-electron chi connectivity index (χ0n) is 12.8. The van der Waals surface area contributed by atoms with Crippen LogP contribution in [0.1, 0.15) is 0 Å². The molecule has 0 aliphatic carbocycles. The predicted molar refractivity (Wildman–Crippen MR) is 109 cm³/mol. The molecule has 10 heteroatoms. The van der Waals surface area contributed by atoms with E-state index in [9.17, 15) is 20.2 Å². The maximum absolute atomic E-state index is 10.9. The molecule has 2 heterocycles. The van der Waals surface area contributed by atoms with Crippen LogP contribution in [0.3, 0.4) is 0 Å². The van der Waals surface area contributed by atoms with Gasteiger partial charge in [-0.05, 0) is 45.9 Å². The van der Waals surface area contributed by atoms with Crippen molar-refractivity contribution in [3.05, 3.63) is 68.8 Å². The minimum Gasteiger partial charge on any atom is -0.258 e. The maximum atomic E-state index is 10.9. The Morgan fingerprint density at radius 3 is 1.50 bits per heavy atom. The molecule has 0 bridgehead atoms. The van der Waals surface area contributed by atoms with Crippen molar-refractivity contribution in [2.24, 2.45) is 0 Å². The lowest BCUT2D eigenvalue weighted by Gasteiger charge is -1.92. The van der Waals surface area contributed by atoms with Crippen LogP contribution in [-0.4, -0.2) is 9.85 Å². The van der Waals surface area contributed by atoms with Crippen molar-refractivity contribution in [2.45, 2.75) is 8.42 Å². The number of nitro benzene ring substituents is 2. The van der Waals surface area contributed by atoms with Gasteiger partial charge in [-0.25, -0.2) is 0 Å². The summed E-state index contributed by atoms with van der Waals surface area (Å²) in [5.74, 6) is 0. The summed E-state index contributed by atoms with van der Waals surface area (Å²) in [6.07, 6.45) is 0. The van der Waals surface area contributed by atoms with Crippen LogP contribution in [0.15, 0.2) is 56.9 Å². The molecule has 0 aliphatic heterocycles. The molecule has 2 aromatic heterocycles. The van der Waals surface area contributed by atoms with Gasteiger partial charge >= 0.3 is 0 Å². The van der Waals surface area contributed by atoms with E-state index in [2.05, 4.69) is 0 Å². The molecule has 4 rings (SSSR count). The molecule has 4 aromatic rings. The maximum Gasteiger partial charge on any atom is 0.270 e. The Labute approximate surface area is 162 Å². The number of hydrogen-bond donors (Lipinski definition) is 0. The van der Waals surface area contributed by atoms with Crippen molar-refractivity contribution in [1.82, 2.24) is 0 Å². The largest absolute Gasteiger partial charge is 0.270 e. The van der Waals surface area contributed by atoms with Crippen LogP contribution in [0.4, 0.5) is 11.4 Å². The fourth-order valence-corrected chi connectivity index (χ4v) is 7.28. The zero-order chi connectivity index (χ0) is 18.3. The van der Waals surface area contributed by atoms with Crippen molar-refractivity contribution in [3.8, 4) is 0 Å². The monoisotopic (exact) mass is 420 g/mol. The van der Waals surface area contributed by atoms with Gasteiger partial charge in [0.2, 0.25) is 0 Å². The summed E-state index contributed by atoms with van der Waals surface area (Å²) in [7, 11) is 3.16. The van der Waals surface area contributed by atoms with Crippen LogP contribution in [0.5, 0.6) is 0 Å². The van der Waals surface area contributed by atoms with Gasteiger partial charge in [-0.3, -0.25) is 20.2 Å². The number of fused-ring (bicyclic) bond motifs is 2. The minimum absolute atomic E-state index is 0.0885. The number of hydrogen-bond acceptors (Lipinski definition) is 8. The molecular formula is C16H8N2O4S4. The second-order valence-corrected chi connectivity index (χ2v) is 10.2. The van der Waals surface area contributed by atoms with Crippen molar-refractivity contribution >= 4 is 75.8 Å². The zero-order valence-corrected chi connectivity index (χ0v) is 16.0. The second kappa shape index (κ2) is 6.88. The number of rotatable bonds is 5. The lowest BCUT2D eigenvalue weighted by molar-refractivity contribution is -0.384. The first-order valence-electron chi connectivity index (χ1n) is 7.20. The average molecular weight is 421 g/mol. The summed E-state index contributed by atoms with van der Waals surface area (Å²) in [5.41, 5.74) is 0.177. The molecule has 2 aromatic carbocycles. The highest BCUT2D eigenvalue weighted by Gasteiger charge is 2.12. The number of non-ortho nitro benzene ring substituents is 2. The molecule has 0 amide bonds. The van der Waals surface area contributed by atoms with Gasteiger partial charge in [0.25, 0.3) is 11.4 Å². The van der Waals surface area contributed by atoms with E-state index >= 15 is 0 Å². The Hall–Kier alpha value is -2.14. The first-order chi connectivity index (χ1) is 12.5. The van der Waals surface area contributed by atoms with Crippen LogP contribution in [0.25, 0.3) is 20.2 Å². The molecular weight excluding hydrogens is 412 g/mol. The Kier molecular flexibility index (Phi) is 4.57. The van der Waals surface area contributed by atoms with E-state index in [0.29, 0.717) is 0 Å². The van der Waals surface area contributed by atoms with E-state index in [0.717, 1.165) is 28.6 Å². The minimum atomic E-state index is -0.394. The summed E-state index contributed by atoms with van der Waals surface area (Å²) in [4.78, 5) is 21.0. The van der Waals surface area contributed by atoms with Crippen LogP contribution < -0.4 is 0 Å². The van der Waals surface area contributed by atoms with Gasteiger partial charge in [0.1, 0.15) is 0 Å².